The minimum absolute atomic E-state index is 0. The molecular formula is C16H21ClF3N3O2. The highest BCUT2D eigenvalue weighted by Crippen LogP contribution is 2.44. The smallest absolute Gasteiger partial charge is 0.354 e. The molecule has 0 bridgehead atoms. The number of carbonyl (C=O) groups excluding carboxylic acids is 2. The van der Waals surface area contributed by atoms with Crippen LogP contribution in [0.25, 0.3) is 0 Å². The molecular weight excluding hydrogens is 359 g/mol. The summed E-state index contributed by atoms with van der Waals surface area (Å²) in [6.07, 6.45) is -2.07. The fourth-order valence-electron chi connectivity index (χ4n) is 2.78. The normalized spacial score (nSPS) is 15.5. The maximum Gasteiger partial charge on any atom is 0.416 e. The van der Waals surface area contributed by atoms with E-state index in [2.05, 4.69) is 10.6 Å². The third-order valence-electron chi connectivity index (χ3n) is 4.37. The molecule has 1 aliphatic carbocycles. The number of amides is 2. The van der Waals surface area contributed by atoms with Gasteiger partial charge in [-0.3, -0.25) is 9.59 Å². The van der Waals surface area contributed by atoms with Gasteiger partial charge in [-0.15, -0.1) is 12.4 Å². The van der Waals surface area contributed by atoms with E-state index in [4.69, 9.17) is 5.73 Å². The van der Waals surface area contributed by atoms with Crippen LogP contribution in [-0.4, -0.2) is 31.4 Å². The number of alkyl halides is 3. The minimum atomic E-state index is -4.39. The maximum absolute atomic E-state index is 12.9. The molecule has 5 nitrogen and oxygen atoms in total. The number of halogens is 4. The van der Waals surface area contributed by atoms with Crippen molar-refractivity contribution >= 4 is 24.2 Å². The molecule has 0 aromatic heterocycles. The van der Waals surface area contributed by atoms with Crippen LogP contribution in [0.1, 0.15) is 30.4 Å². The number of hydrogen-bond acceptors (Lipinski definition) is 3. The second-order valence-electron chi connectivity index (χ2n) is 5.97. The second kappa shape index (κ2) is 8.53. The van der Waals surface area contributed by atoms with Gasteiger partial charge in [-0.2, -0.15) is 13.2 Å². The Morgan fingerprint density at radius 3 is 2.36 bits per heavy atom. The van der Waals surface area contributed by atoms with Gasteiger partial charge in [0.15, 0.2) is 0 Å². The number of nitrogens with one attached hydrogen (secondary N) is 2. The largest absolute Gasteiger partial charge is 0.416 e. The Hall–Kier alpha value is -1.80. The number of benzene rings is 1. The van der Waals surface area contributed by atoms with E-state index in [-0.39, 0.29) is 32.0 Å². The lowest BCUT2D eigenvalue weighted by atomic mass is 9.64. The Kier molecular flexibility index (Phi) is 7.25. The molecule has 2 amide bonds. The Balaban J connectivity index is 0.00000312. The van der Waals surface area contributed by atoms with Crippen molar-refractivity contribution in [3.05, 3.63) is 35.4 Å². The second-order valence-corrected chi connectivity index (χ2v) is 5.97. The molecule has 0 saturated heterocycles. The zero-order valence-corrected chi connectivity index (χ0v) is 14.3. The van der Waals surface area contributed by atoms with Gasteiger partial charge < -0.3 is 16.4 Å². The summed E-state index contributed by atoms with van der Waals surface area (Å²) in [5.74, 6) is -0.837. The number of carbonyl (C=O) groups is 2. The zero-order chi connectivity index (χ0) is 17.8. The van der Waals surface area contributed by atoms with Crippen molar-refractivity contribution in [3.63, 3.8) is 0 Å². The summed E-state index contributed by atoms with van der Waals surface area (Å²) in [5, 5.41) is 5.03. The van der Waals surface area contributed by atoms with E-state index in [9.17, 15) is 22.8 Å². The van der Waals surface area contributed by atoms with Crippen molar-refractivity contribution < 1.29 is 22.8 Å². The lowest BCUT2D eigenvalue weighted by molar-refractivity contribution is -0.137. The first-order valence-electron chi connectivity index (χ1n) is 7.68. The summed E-state index contributed by atoms with van der Waals surface area (Å²) in [7, 11) is 0. The summed E-state index contributed by atoms with van der Waals surface area (Å²) in [4.78, 5) is 22.8. The summed E-state index contributed by atoms with van der Waals surface area (Å²) in [5.41, 5.74) is 4.54. The van der Waals surface area contributed by atoms with Crippen LogP contribution in [0, 0.1) is 0 Å². The first kappa shape index (κ1) is 21.2. The topological polar surface area (TPSA) is 84.2 Å². The van der Waals surface area contributed by atoms with Crippen LogP contribution in [0.15, 0.2) is 24.3 Å². The molecule has 25 heavy (non-hydrogen) atoms. The van der Waals surface area contributed by atoms with Gasteiger partial charge in [0.25, 0.3) is 0 Å². The van der Waals surface area contributed by atoms with Crippen molar-refractivity contribution in [1.82, 2.24) is 10.6 Å². The standard InChI is InChI=1S/C16H20F3N3O2.ClH/c17-16(18,19)12-4-1-3-11(7-12)15(5-2-6-15)10-22-14(24)9-21-13(23)8-20;/h1,3-4,7H,2,5-6,8-10,20H2,(H,21,23)(H,22,24);1H. The Bertz CT molecular complexity index is 619. The van der Waals surface area contributed by atoms with Crippen LogP contribution in [0.2, 0.25) is 0 Å². The molecule has 0 unspecified atom stereocenters. The quantitative estimate of drug-likeness (QED) is 0.704. The highest BCUT2D eigenvalue weighted by Gasteiger charge is 2.40. The molecule has 4 N–H and O–H groups in total. The SMILES string of the molecule is Cl.NCC(=O)NCC(=O)NCC1(c2cccc(C(F)(F)F)c2)CCC1. The number of nitrogens with two attached hydrogens (primary N) is 1. The Morgan fingerprint density at radius 2 is 1.84 bits per heavy atom. The fraction of sp³-hybridized carbons (Fsp3) is 0.500. The fourth-order valence-corrected chi connectivity index (χ4v) is 2.78. The molecule has 9 heteroatoms. The maximum atomic E-state index is 12.9. The molecule has 1 aliphatic rings. The van der Waals surface area contributed by atoms with E-state index in [0.29, 0.717) is 18.4 Å². The predicted octanol–water partition coefficient (Wildman–Crippen LogP) is 1.74. The average molecular weight is 380 g/mol. The third kappa shape index (κ3) is 5.34. The van der Waals surface area contributed by atoms with Crippen LogP contribution in [-0.2, 0) is 21.2 Å². The number of rotatable bonds is 6. The van der Waals surface area contributed by atoms with Crippen LogP contribution in [0.5, 0.6) is 0 Å². The monoisotopic (exact) mass is 379 g/mol. The first-order valence-corrected chi connectivity index (χ1v) is 7.68. The van der Waals surface area contributed by atoms with Crippen molar-refractivity contribution in [1.29, 1.82) is 0 Å². The third-order valence-corrected chi connectivity index (χ3v) is 4.37. The van der Waals surface area contributed by atoms with Crippen LogP contribution in [0.3, 0.4) is 0 Å². The van der Waals surface area contributed by atoms with E-state index in [1.807, 2.05) is 0 Å². The molecule has 0 aliphatic heterocycles. The van der Waals surface area contributed by atoms with Crippen LogP contribution >= 0.6 is 12.4 Å². The molecule has 0 heterocycles. The van der Waals surface area contributed by atoms with Crippen LogP contribution in [0.4, 0.5) is 13.2 Å². The molecule has 1 aromatic carbocycles. The van der Waals surface area contributed by atoms with Crippen molar-refractivity contribution in [2.75, 3.05) is 19.6 Å². The lowest BCUT2D eigenvalue weighted by Gasteiger charge is -2.43. The molecule has 2 rings (SSSR count). The molecule has 0 spiro atoms. The van der Waals surface area contributed by atoms with Gasteiger partial charge in [-0.1, -0.05) is 24.6 Å². The minimum Gasteiger partial charge on any atom is -0.354 e. The van der Waals surface area contributed by atoms with E-state index in [1.165, 1.54) is 6.07 Å². The van der Waals surface area contributed by atoms with Gasteiger partial charge >= 0.3 is 6.18 Å². The van der Waals surface area contributed by atoms with Gasteiger partial charge in [-0.05, 0) is 24.5 Å². The first-order chi connectivity index (χ1) is 11.3. The van der Waals surface area contributed by atoms with Crippen molar-refractivity contribution in [3.8, 4) is 0 Å². The van der Waals surface area contributed by atoms with Crippen LogP contribution < -0.4 is 16.4 Å². The van der Waals surface area contributed by atoms with E-state index >= 15 is 0 Å². The van der Waals surface area contributed by atoms with E-state index in [0.717, 1.165) is 18.6 Å². The van der Waals surface area contributed by atoms with Gasteiger partial charge in [0.2, 0.25) is 11.8 Å². The van der Waals surface area contributed by atoms with Gasteiger partial charge in [0, 0.05) is 12.0 Å². The number of hydrogen-bond donors (Lipinski definition) is 3. The molecule has 1 saturated carbocycles. The molecule has 1 aromatic rings. The zero-order valence-electron chi connectivity index (χ0n) is 13.5. The van der Waals surface area contributed by atoms with E-state index < -0.39 is 29.0 Å². The highest BCUT2D eigenvalue weighted by molar-refractivity contribution is 5.85. The van der Waals surface area contributed by atoms with E-state index in [1.54, 1.807) is 6.07 Å². The average Bonchev–Trinajstić information content (AvgIpc) is 2.51. The summed E-state index contributed by atoms with van der Waals surface area (Å²) < 4.78 is 38.6. The molecule has 0 radical (unpaired) electrons. The van der Waals surface area contributed by atoms with Gasteiger partial charge in [0.1, 0.15) is 0 Å². The Labute approximate surface area is 149 Å². The van der Waals surface area contributed by atoms with Gasteiger partial charge in [0.05, 0.1) is 18.7 Å². The summed E-state index contributed by atoms with van der Waals surface area (Å²) in [6, 6.07) is 5.25. The molecule has 0 atom stereocenters. The predicted molar refractivity (Wildman–Crippen MR) is 89.3 cm³/mol. The molecule has 140 valence electrons. The van der Waals surface area contributed by atoms with Gasteiger partial charge in [-0.25, -0.2) is 0 Å². The van der Waals surface area contributed by atoms with Crippen molar-refractivity contribution in [2.45, 2.75) is 30.9 Å². The highest BCUT2D eigenvalue weighted by atomic mass is 35.5. The summed E-state index contributed by atoms with van der Waals surface area (Å²) in [6.45, 7) is -0.165. The molecule has 1 fully saturated rings. The summed E-state index contributed by atoms with van der Waals surface area (Å²) >= 11 is 0. The Morgan fingerprint density at radius 1 is 1.16 bits per heavy atom. The van der Waals surface area contributed by atoms with Crippen molar-refractivity contribution in [2.24, 2.45) is 5.73 Å². The lowest BCUT2D eigenvalue weighted by Crippen LogP contribution is -2.48.